The molecule has 0 aromatic heterocycles. The molecule has 0 aromatic rings. The molecule has 3 heteroatoms. The average molecular weight is 498 g/mol. The molecule has 3 nitrogen and oxygen atoms in total. The highest BCUT2D eigenvalue weighted by molar-refractivity contribution is 4.53. The maximum Gasteiger partial charge on any atom is 0.0431 e. The van der Waals surface area contributed by atoms with Crippen LogP contribution in [0, 0.1) is 0 Å². The van der Waals surface area contributed by atoms with Crippen LogP contribution in [0.25, 0.3) is 0 Å². The van der Waals surface area contributed by atoms with E-state index in [2.05, 4.69) is 5.32 Å². The zero-order valence-corrected chi connectivity index (χ0v) is 24.0. The molecular weight excluding hydrogens is 430 g/mol. The summed E-state index contributed by atoms with van der Waals surface area (Å²) in [5.41, 5.74) is 0. The number of aliphatic hydroxyl groups is 2. The van der Waals surface area contributed by atoms with Gasteiger partial charge in [0.1, 0.15) is 0 Å². The molecule has 212 valence electrons. The minimum atomic E-state index is 0.363. The third-order valence-electron chi connectivity index (χ3n) is 7.52. The highest BCUT2D eigenvalue weighted by Crippen LogP contribution is 2.15. The molecule has 0 atom stereocenters. The van der Waals surface area contributed by atoms with Crippen molar-refractivity contribution in [1.82, 2.24) is 5.32 Å². The van der Waals surface area contributed by atoms with Gasteiger partial charge in [-0.1, -0.05) is 154 Å². The van der Waals surface area contributed by atoms with Crippen molar-refractivity contribution >= 4 is 0 Å². The van der Waals surface area contributed by atoms with Crippen LogP contribution in [-0.2, 0) is 0 Å². The molecule has 0 saturated heterocycles. The van der Waals surface area contributed by atoms with Crippen molar-refractivity contribution in [2.24, 2.45) is 0 Å². The Bertz CT molecular complexity index is 318. The minimum absolute atomic E-state index is 0.363. The molecule has 3 N–H and O–H groups in total. The topological polar surface area (TPSA) is 52.5 Å². The largest absolute Gasteiger partial charge is 0.396 e. The molecule has 0 aliphatic heterocycles. The van der Waals surface area contributed by atoms with Crippen LogP contribution in [0.5, 0.6) is 0 Å². The first-order valence-electron chi connectivity index (χ1n) is 16.3. The van der Waals surface area contributed by atoms with Crippen LogP contribution in [-0.4, -0.2) is 36.5 Å². The number of hydrogen-bond acceptors (Lipinski definition) is 3. The first-order chi connectivity index (χ1) is 17.4. The molecule has 0 spiro atoms. The first-order valence-corrected chi connectivity index (χ1v) is 16.3. The lowest BCUT2D eigenvalue weighted by Gasteiger charge is -2.06. The Labute approximate surface area is 221 Å². The van der Waals surface area contributed by atoms with Gasteiger partial charge in [-0.2, -0.15) is 0 Å². The van der Waals surface area contributed by atoms with Crippen molar-refractivity contribution in [2.45, 2.75) is 180 Å². The van der Waals surface area contributed by atoms with Gasteiger partial charge in [0.05, 0.1) is 0 Å². The van der Waals surface area contributed by atoms with Crippen molar-refractivity contribution in [3.05, 3.63) is 0 Å². The van der Waals surface area contributed by atoms with Crippen LogP contribution in [0.15, 0.2) is 0 Å². The Kier molecular flexibility index (Phi) is 33.8. The molecule has 0 aromatic carbocycles. The van der Waals surface area contributed by atoms with E-state index in [4.69, 9.17) is 10.2 Å². The average Bonchev–Trinajstić information content (AvgIpc) is 2.87. The zero-order chi connectivity index (χ0) is 25.3. The SMILES string of the molecule is OCCCCCCCCCCCCCCCCCCCCCCNCCCCCCCCCCO. The monoisotopic (exact) mass is 498 g/mol. The lowest BCUT2D eigenvalue weighted by molar-refractivity contribution is 0.282. The van der Waals surface area contributed by atoms with E-state index in [0.29, 0.717) is 13.2 Å². The van der Waals surface area contributed by atoms with Gasteiger partial charge in [-0.25, -0.2) is 0 Å². The van der Waals surface area contributed by atoms with Crippen molar-refractivity contribution in [3.63, 3.8) is 0 Å². The fourth-order valence-corrected chi connectivity index (χ4v) is 5.09. The summed E-state index contributed by atoms with van der Waals surface area (Å²) in [6.45, 7) is 3.15. The molecule has 0 heterocycles. The predicted octanol–water partition coefficient (Wildman–Crippen LogP) is 9.48. The highest BCUT2D eigenvalue weighted by atomic mass is 16.3. The quantitative estimate of drug-likeness (QED) is 0.0811. The summed E-state index contributed by atoms with van der Waals surface area (Å²) in [4.78, 5) is 0. The van der Waals surface area contributed by atoms with Crippen LogP contribution < -0.4 is 5.32 Å². The highest BCUT2D eigenvalue weighted by Gasteiger charge is 1.96. The summed E-state index contributed by atoms with van der Waals surface area (Å²) in [5.74, 6) is 0. The van der Waals surface area contributed by atoms with E-state index in [1.54, 1.807) is 0 Å². The summed E-state index contributed by atoms with van der Waals surface area (Å²) >= 11 is 0. The summed E-state index contributed by atoms with van der Waals surface area (Å²) in [7, 11) is 0. The third-order valence-corrected chi connectivity index (χ3v) is 7.52. The Hall–Kier alpha value is -0.120. The molecule has 35 heavy (non-hydrogen) atoms. The summed E-state index contributed by atoms with van der Waals surface area (Å²) < 4.78 is 0. The summed E-state index contributed by atoms with van der Waals surface area (Å²) in [5, 5.41) is 21.2. The third kappa shape index (κ3) is 33.9. The lowest BCUT2D eigenvalue weighted by Crippen LogP contribution is -2.16. The van der Waals surface area contributed by atoms with Gasteiger partial charge in [-0.15, -0.1) is 0 Å². The van der Waals surface area contributed by atoms with Gasteiger partial charge in [0.15, 0.2) is 0 Å². The minimum Gasteiger partial charge on any atom is -0.396 e. The number of aliphatic hydroxyl groups excluding tert-OH is 2. The molecule has 0 fully saturated rings. The molecule has 0 saturated carbocycles. The molecule has 0 aliphatic carbocycles. The molecule has 0 radical (unpaired) electrons. The number of nitrogens with one attached hydrogen (secondary N) is 1. The zero-order valence-electron chi connectivity index (χ0n) is 24.0. The van der Waals surface area contributed by atoms with Gasteiger partial charge in [-0.3, -0.25) is 0 Å². The standard InChI is InChI=1S/C32H67NO2/c34-31-27-23-19-15-12-10-8-6-4-2-1-3-5-7-9-11-13-17-21-25-29-33-30-26-22-18-14-16-20-24-28-32-35/h33-35H,1-32H2. The predicted molar refractivity (Wildman–Crippen MR) is 156 cm³/mol. The lowest BCUT2D eigenvalue weighted by atomic mass is 10.0. The van der Waals surface area contributed by atoms with E-state index in [1.165, 1.54) is 180 Å². The normalized spacial score (nSPS) is 11.5. The van der Waals surface area contributed by atoms with E-state index in [-0.39, 0.29) is 0 Å². The van der Waals surface area contributed by atoms with Gasteiger partial charge in [0.25, 0.3) is 0 Å². The molecule has 0 rings (SSSR count). The summed E-state index contributed by atoms with van der Waals surface area (Å²) in [6, 6.07) is 0. The van der Waals surface area contributed by atoms with Crippen LogP contribution in [0.2, 0.25) is 0 Å². The fraction of sp³-hybridized carbons (Fsp3) is 1.00. The van der Waals surface area contributed by atoms with Gasteiger partial charge >= 0.3 is 0 Å². The number of rotatable bonds is 32. The maximum atomic E-state index is 8.77. The van der Waals surface area contributed by atoms with Crippen LogP contribution >= 0.6 is 0 Å². The Balaban J connectivity index is 3.00. The molecular formula is C32H67NO2. The smallest absolute Gasteiger partial charge is 0.0431 e. The van der Waals surface area contributed by atoms with Gasteiger partial charge in [0.2, 0.25) is 0 Å². The fourth-order valence-electron chi connectivity index (χ4n) is 5.09. The Morgan fingerprint density at radius 1 is 0.229 bits per heavy atom. The van der Waals surface area contributed by atoms with Crippen LogP contribution in [0.4, 0.5) is 0 Å². The Morgan fingerprint density at radius 3 is 0.600 bits per heavy atom. The van der Waals surface area contributed by atoms with E-state index < -0.39 is 0 Å². The molecule has 0 aliphatic rings. The van der Waals surface area contributed by atoms with Crippen LogP contribution in [0.1, 0.15) is 180 Å². The van der Waals surface area contributed by atoms with E-state index in [0.717, 1.165) is 12.8 Å². The second kappa shape index (κ2) is 33.9. The molecule has 0 bridgehead atoms. The second-order valence-corrected chi connectivity index (χ2v) is 11.1. The molecule has 0 unspecified atom stereocenters. The molecule has 0 amide bonds. The summed E-state index contributed by atoms with van der Waals surface area (Å²) in [6.07, 6.45) is 38.2. The first kappa shape index (κ1) is 34.9. The van der Waals surface area contributed by atoms with Gasteiger partial charge in [0, 0.05) is 13.2 Å². The van der Waals surface area contributed by atoms with Crippen LogP contribution in [0.3, 0.4) is 0 Å². The van der Waals surface area contributed by atoms with Crippen molar-refractivity contribution in [3.8, 4) is 0 Å². The Morgan fingerprint density at radius 2 is 0.400 bits per heavy atom. The van der Waals surface area contributed by atoms with Gasteiger partial charge < -0.3 is 15.5 Å². The van der Waals surface area contributed by atoms with E-state index >= 15 is 0 Å². The van der Waals surface area contributed by atoms with Crippen molar-refractivity contribution in [1.29, 1.82) is 0 Å². The van der Waals surface area contributed by atoms with E-state index in [9.17, 15) is 0 Å². The van der Waals surface area contributed by atoms with Gasteiger partial charge in [-0.05, 0) is 38.8 Å². The number of unbranched alkanes of at least 4 members (excludes halogenated alkanes) is 26. The van der Waals surface area contributed by atoms with Crippen molar-refractivity contribution < 1.29 is 10.2 Å². The van der Waals surface area contributed by atoms with Crippen molar-refractivity contribution in [2.75, 3.05) is 26.3 Å². The second-order valence-electron chi connectivity index (χ2n) is 11.1. The maximum absolute atomic E-state index is 8.77. The number of hydrogen-bond donors (Lipinski definition) is 3. The van der Waals surface area contributed by atoms with E-state index in [1.807, 2.05) is 0 Å².